The van der Waals surface area contributed by atoms with Crippen molar-refractivity contribution in [2.24, 2.45) is 0 Å². The predicted octanol–water partition coefficient (Wildman–Crippen LogP) is 3.49. The summed E-state index contributed by atoms with van der Waals surface area (Å²) in [6.45, 7) is 1.64. The molecule has 1 amide bonds. The van der Waals surface area contributed by atoms with E-state index in [0.717, 1.165) is 18.8 Å². The van der Waals surface area contributed by atoms with Crippen molar-refractivity contribution in [2.45, 2.75) is 0 Å². The normalized spacial score (nSPS) is 10.5. The molecule has 144 valence electrons. The molecule has 3 aromatic rings. The Morgan fingerprint density at radius 2 is 1.64 bits per heavy atom. The lowest BCUT2D eigenvalue weighted by Crippen LogP contribution is -2.21. The number of likely N-dealkylation sites (N-methyl/N-ethyl adjacent to an activating group) is 1. The Kier molecular flexibility index (Phi) is 6.54. The summed E-state index contributed by atoms with van der Waals surface area (Å²) in [6.07, 6.45) is 0. The van der Waals surface area contributed by atoms with Crippen molar-refractivity contribution in [1.82, 2.24) is 15.1 Å². The number of carbonyl (C=O) groups excluding carboxylic acids is 1. The van der Waals surface area contributed by atoms with Crippen LogP contribution in [0.25, 0.3) is 0 Å². The number of para-hydroxylation sites is 1. The number of nitrogens with zero attached hydrogens (tertiary/aromatic N) is 3. The van der Waals surface area contributed by atoms with Crippen LogP contribution in [0.1, 0.15) is 10.5 Å². The minimum Gasteiger partial charge on any atom is -0.457 e. The maximum Gasteiger partial charge on any atom is 0.276 e. The van der Waals surface area contributed by atoms with Gasteiger partial charge in [-0.2, -0.15) is 0 Å². The highest BCUT2D eigenvalue weighted by Crippen LogP contribution is 2.22. The number of hydrogen-bond acceptors (Lipinski definition) is 6. The van der Waals surface area contributed by atoms with Crippen LogP contribution >= 0.6 is 0 Å². The van der Waals surface area contributed by atoms with Gasteiger partial charge in [-0.05, 0) is 62.6 Å². The van der Waals surface area contributed by atoms with Crippen LogP contribution in [0.3, 0.4) is 0 Å². The van der Waals surface area contributed by atoms with E-state index < -0.39 is 0 Å². The highest BCUT2D eigenvalue weighted by atomic mass is 16.5. The molecule has 0 fully saturated rings. The molecule has 28 heavy (non-hydrogen) atoms. The number of nitrogens with one attached hydrogen (secondary N) is 2. The summed E-state index contributed by atoms with van der Waals surface area (Å²) in [5, 5.41) is 14.0. The van der Waals surface area contributed by atoms with E-state index in [-0.39, 0.29) is 11.6 Å². The first-order chi connectivity index (χ1) is 13.6. The number of ether oxygens (including phenoxy) is 1. The molecule has 0 radical (unpaired) electrons. The lowest BCUT2D eigenvalue weighted by molar-refractivity contribution is 0.102. The fourth-order valence-corrected chi connectivity index (χ4v) is 2.38. The SMILES string of the molecule is CN(C)CCNc1ccc(C(=O)Nc2ccc(Oc3ccccc3)cc2)nn1. The van der Waals surface area contributed by atoms with Crippen LogP contribution in [-0.2, 0) is 0 Å². The molecule has 0 aliphatic carbocycles. The summed E-state index contributed by atoms with van der Waals surface area (Å²) < 4.78 is 5.74. The molecule has 2 N–H and O–H groups in total. The molecule has 0 aliphatic heterocycles. The summed E-state index contributed by atoms with van der Waals surface area (Å²) in [5.41, 5.74) is 0.906. The zero-order chi connectivity index (χ0) is 19.8. The number of aromatic nitrogens is 2. The number of anilines is 2. The molecule has 1 heterocycles. The third-order valence-corrected chi connectivity index (χ3v) is 3.85. The summed E-state index contributed by atoms with van der Waals surface area (Å²) >= 11 is 0. The smallest absolute Gasteiger partial charge is 0.276 e. The molecule has 0 unspecified atom stereocenters. The van der Waals surface area contributed by atoms with E-state index in [9.17, 15) is 4.79 Å². The number of carbonyl (C=O) groups is 1. The molecule has 0 spiro atoms. The van der Waals surface area contributed by atoms with Gasteiger partial charge in [0.25, 0.3) is 5.91 Å². The molecule has 2 aromatic carbocycles. The van der Waals surface area contributed by atoms with Gasteiger partial charge in [-0.1, -0.05) is 18.2 Å². The Hall–Kier alpha value is -3.45. The van der Waals surface area contributed by atoms with Crippen molar-refractivity contribution in [3.8, 4) is 11.5 Å². The van der Waals surface area contributed by atoms with E-state index in [0.29, 0.717) is 17.3 Å². The Labute approximate surface area is 164 Å². The van der Waals surface area contributed by atoms with E-state index >= 15 is 0 Å². The summed E-state index contributed by atoms with van der Waals surface area (Å²) in [7, 11) is 4.00. The van der Waals surface area contributed by atoms with Gasteiger partial charge < -0.3 is 20.3 Å². The zero-order valence-electron chi connectivity index (χ0n) is 15.9. The average molecular weight is 377 g/mol. The first-order valence-electron chi connectivity index (χ1n) is 8.97. The quantitative estimate of drug-likeness (QED) is 0.626. The van der Waals surface area contributed by atoms with Gasteiger partial charge in [-0.3, -0.25) is 4.79 Å². The molecule has 7 nitrogen and oxygen atoms in total. The van der Waals surface area contributed by atoms with Gasteiger partial charge in [0.05, 0.1) is 0 Å². The molecule has 0 bridgehead atoms. The molecular weight excluding hydrogens is 354 g/mol. The van der Waals surface area contributed by atoms with Crippen molar-refractivity contribution < 1.29 is 9.53 Å². The van der Waals surface area contributed by atoms with Crippen molar-refractivity contribution >= 4 is 17.4 Å². The van der Waals surface area contributed by atoms with Crippen LogP contribution in [-0.4, -0.2) is 48.2 Å². The van der Waals surface area contributed by atoms with Gasteiger partial charge in [-0.25, -0.2) is 0 Å². The lowest BCUT2D eigenvalue weighted by atomic mass is 10.2. The molecule has 0 saturated carbocycles. The lowest BCUT2D eigenvalue weighted by Gasteiger charge is -2.10. The van der Waals surface area contributed by atoms with Crippen LogP contribution in [0.4, 0.5) is 11.5 Å². The Bertz CT molecular complexity index is 881. The third kappa shape index (κ3) is 5.78. The molecule has 3 rings (SSSR count). The van der Waals surface area contributed by atoms with Crippen molar-refractivity contribution in [3.63, 3.8) is 0 Å². The highest BCUT2D eigenvalue weighted by molar-refractivity contribution is 6.02. The van der Waals surface area contributed by atoms with Crippen LogP contribution in [0, 0.1) is 0 Å². The van der Waals surface area contributed by atoms with Crippen LogP contribution < -0.4 is 15.4 Å². The Morgan fingerprint density at radius 3 is 2.29 bits per heavy atom. The van der Waals surface area contributed by atoms with Crippen LogP contribution in [0.2, 0.25) is 0 Å². The summed E-state index contributed by atoms with van der Waals surface area (Å²) in [6, 6.07) is 20.1. The number of benzene rings is 2. The number of rotatable bonds is 8. The molecular formula is C21H23N5O2. The maximum absolute atomic E-state index is 12.3. The van der Waals surface area contributed by atoms with E-state index in [2.05, 4.69) is 25.7 Å². The highest BCUT2D eigenvalue weighted by Gasteiger charge is 2.09. The van der Waals surface area contributed by atoms with Crippen LogP contribution in [0.15, 0.2) is 66.7 Å². The largest absolute Gasteiger partial charge is 0.457 e. The Morgan fingerprint density at radius 1 is 0.929 bits per heavy atom. The molecule has 0 atom stereocenters. The van der Waals surface area contributed by atoms with E-state index in [1.165, 1.54) is 0 Å². The molecule has 0 saturated heterocycles. The second kappa shape index (κ2) is 9.48. The first-order valence-corrected chi connectivity index (χ1v) is 8.97. The first kappa shape index (κ1) is 19.3. The van der Waals surface area contributed by atoms with Crippen molar-refractivity contribution in [3.05, 3.63) is 72.4 Å². The minimum atomic E-state index is -0.316. The maximum atomic E-state index is 12.3. The van der Waals surface area contributed by atoms with Gasteiger partial charge in [0.15, 0.2) is 5.69 Å². The van der Waals surface area contributed by atoms with Gasteiger partial charge in [0.2, 0.25) is 0 Å². The van der Waals surface area contributed by atoms with E-state index in [4.69, 9.17) is 4.74 Å². The zero-order valence-corrected chi connectivity index (χ0v) is 15.9. The van der Waals surface area contributed by atoms with Gasteiger partial charge in [-0.15, -0.1) is 10.2 Å². The second-order valence-electron chi connectivity index (χ2n) is 6.43. The monoisotopic (exact) mass is 377 g/mol. The van der Waals surface area contributed by atoms with Crippen molar-refractivity contribution in [1.29, 1.82) is 0 Å². The summed E-state index contributed by atoms with van der Waals surface area (Å²) in [4.78, 5) is 14.4. The number of hydrogen-bond donors (Lipinski definition) is 2. The van der Waals surface area contributed by atoms with E-state index in [1.54, 1.807) is 36.4 Å². The topological polar surface area (TPSA) is 79.4 Å². The van der Waals surface area contributed by atoms with Crippen LogP contribution in [0.5, 0.6) is 11.5 Å². The number of amides is 1. The van der Waals surface area contributed by atoms with Gasteiger partial charge >= 0.3 is 0 Å². The predicted molar refractivity (Wildman–Crippen MR) is 110 cm³/mol. The van der Waals surface area contributed by atoms with Crippen molar-refractivity contribution in [2.75, 3.05) is 37.8 Å². The summed E-state index contributed by atoms with van der Waals surface area (Å²) in [5.74, 6) is 1.77. The standard InChI is InChI=1S/C21H23N5O2/c1-26(2)15-14-22-20-13-12-19(24-25-20)21(27)23-16-8-10-18(11-9-16)28-17-6-4-3-5-7-17/h3-13H,14-15H2,1-2H3,(H,22,25)(H,23,27). The van der Waals surface area contributed by atoms with E-state index in [1.807, 2.05) is 44.4 Å². The fourth-order valence-electron chi connectivity index (χ4n) is 2.38. The van der Waals surface area contributed by atoms with Gasteiger partial charge in [0, 0.05) is 18.8 Å². The molecule has 7 heteroatoms. The van der Waals surface area contributed by atoms with Gasteiger partial charge in [0.1, 0.15) is 17.3 Å². The minimum absolute atomic E-state index is 0.253. The molecule has 1 aromatic heterocycles. The third-order valence-electron chi connectivity index (χ3n) is 3.85. The fraction of sp³-hybridized carbons (Fsp3) is 0.190. The average Bonchev–Trinajstić information content (AvgIpc) is 2.70. The second-order valence-corrected chi connectivity index (χ2v) is 6.43. The Balaban J connectivity index is 1.54. The molecule has 0 aliphatic rings.